The van der Waals surface area contributed by atoms with Crippen LogP contribution in [0.3, 0.4) is 0 Å². The lowest BCUT2D eigenvalue weighted by Gasteiger charge is -2.16. The van der Waals surface area contributed by atoms with Gasteiger partial charge in [0.1, 0.15) is 0 Å². The van der Waals surface area contributed by atoms with Crippen LogP contribution in [0.25, 0.3) is 0 Å². The number of likely N-dealkylation sites (tertiary alicyclic amines) is 1. The number of aliphatic hydroxyl groups is 1. The Labute approximate surface area is 110 Å². The fourth-order valence-electron chi connectivity index (χ4n) is 2.11. The first-order valence-corrected chi connectivity index (χ1v) is 6.61. The molecular weight excluding hydrogens is 282 g/mol. The van der Waals surface area contributed by atoms with Gasteiger partial charge in [0.15, 0.2) is 0 Å². The fourth-order valence-corrected chi connectivity index (χ4v) is 2.37. The van der Waals surface area contributed by atoms with Gasteiger partial charge < -0.3 is 10.0 Å². The Morgan fingerprint density at radius 3 is 2.65 bits per heavy atom. The Balaban J connectivity index is 1.86. The third-order valence-electron chi connectivity index (χ3n) is 3.14. The molecule has 1 N–H and O–H groups in total. The van der Waals surface area contributed by atoms with E-state index in [0.29, 0.717) is 13.0 Å². The molecule has 0 saturated carbocycles. The van der Waals surface area contributed by atoms with E-state index in [2.05, 4.69) is 28.1 Å². The zero-order valence-electron chi connectivity index (χ0n) is 9.60. The molecule has 0 radical (unpaired) electrons. The van der Waals surface area contributed by atoms with Crippen molar-refractivity contribution in [3.63, 3.8) is 0 Å². The smallest absolute Gasteiger partial charge is 0.223 e. The van der Waals surface area contributed by atoms with E-state index in [-0.39, 0.29) is 18.4 Å². The summed E-state index contributed by atoms with van der Waals surface area (Å²) in [6, 6.07) is 8.15. The van der Waals surface area contributed by atoms with Gasteiger partial charge >= 0.3 is 0 Å². The number of amides is 1. The Morgan fingerprint density at radius 2 is 2.06 bits per heavy atom. The largest absolute Gasteiger partial charge is 0.396 e. The molecule has 1 heterocycles. The molecule has 1 aromatic carbocycles. The summed E-state index contributed by atoms with van der Waals surface area (Å²) in [5.41, 5.74) is 1.23. The van der Waals surface area contributed by atoms with Crippen LogP contribution in [-0.4, -0.2) is 35.6 Å². The van der Waals surface area contributed by atoms with Crippen molar-refractivity contribution in [2.24, 2.45) is 5.92 Å². The molecular formula is C13H16BrNO2. The second-order valence-corrected chi connectivity index (χ2v) is 5.38. The van der Waals surface area contributed by atoms with Crippen LogP contribution in [-0.2, 0) is 11.2 Å². The summed E-state index contributed by atoms with van der Waals surface area (Å²) in [7, 11) is 0. The van der Waals surface area contributed by atoms with Crippen molar-refractivity contribution in [3.05, 3.63) is 34.3 Å². The van der Waals surface area contributed by atoms with Crippen molar-refractivity contribution < 1.29 is 9.90 Å². The Bertz CT molecular complexity index is 391. The predicted octanol–water partition coefficient (Wildman–Crippen LogP) is 1.83. The molecule has 0 aromatic heterocycles. The van der Waals surface area contributed by atoms with Crippen LogP contribution in [0.2, 0.25) is 0 Å². The summed E-state index contributed by atoms with van der Waals surface area (Å²) in [4.78, 5) is 13.5. The summed E-state index contributed by atoms with van der Waals surface area (Å²) in [6.45, 7) is 1.56. The number of carbonyl (C=O) groups is 1. The molecule has 92 valence electrons. The highest BCUT2D eigenvalue weighted by atomic mass is 79.9. The lowest BCUT2D eigenvalue weighted by molar-refractivity contribution is -0.127. The number of halogens is 1. The van der Waals surface area contributed by atoms with Crippen LogP contribution in [0.5, 0.6) is 0 Å². The Hall–Kier alpha value is -0.870. The average Bonchev–Trinajstić information content (AvgIpc) is 2.69. The highest BCUT2D eigenvalue weighted by Crippen LogP contribution is 2.18. The maximum absolute atomic E-state index is 11.6. The molecule has 1 atom stereocenters. The Morgan fingerprint density at radius 1 is 1.35 bits per heavy atom. The summed E-state index contributed by atoms with van der Waals surface area (Å²) in [6.07, 6.45) is 1.37. The monoisotopic (exact) mass is 297 g/mol. The zero-order valence-corrected chi connectivity index (χ0v) is 11.2. The third kappa shape index (κ3) is 3.30. The van der Waals surface area contributed by atoms with Gasteiger partial charge in [-0.05, 0) is 24.1 Å². The van der Waals surface area contributed by atoms with Crippen LogP contribution < -0.4 is 0 Å². The number of aliphatic hydroxyl groups excluding tert-OH is 1. The molecule has 0 aliphatic carbocycles. The van der Waals surface area contributed by atoms with Gasteiger partial charge in [-0.3, -0.25) is 4.79 Å². The summed E-state index contributed by atoms with van der Waals surface area (Å²) in [5, 5.41) is 9.03. The fraction of sp³-hybridized carbons (Fsp3) is 0.462. The molecule has 1 amide bonds. The lowest BCUT2D eigenvalue weighted by Crippen LogP contribution is -2.27. The number of carbonyl (C=O) groups excluding carboxylic acids is 1. The second kappa shape index (κ2) is 5.65. The highest BCUT2D eigenvalue weighted by Gasteiger charge is 2.28. The van der Waals surface area contributed by atoms with E-state index in [4.69, 9.17) is 5.11 Å². The van der Waals surface area contributed by atoms with E-state index in [1.165, 1.54) is 5.56 Å². The summed E-state index contributed by atoms with van der Waals surface area (Å²) >= 11 is 3.40. The molecule has 4 heteroatoms. The molecule has 1 aromatic rings. The van der Waals surface area contributed by atoms with Crippen molar-refractivity contribution in [1.29, 1.82) is 0 Å². The van der Waals surface area contributed by atoms with E-state index >= 15 is 0 Å². The molecule has 1 saturated heterocycles. The normalized spacial score (nSPS) is 20.0. The molecule has 3 nitrogen and oxygen atoms in total. The quantitative estimate of drug-likeness (QED) is 0.921. The van der Waals surface area contributed by atoms with Crippen molar-refractivity contribution in [1.82, 2.24) is 4.90 Å². The van der Waals surface area contributed by atoms with Gasteiger partial charge in [-0.25, -0.2) is 0 Å². The van der Waals surface area contributed by atoms with Crippen LogP contribution in [0, 0.1) is 5.92 Å². The van der Waals surface area contributed by atoms with Gasteiger partial charge in [-0.2, -0.15) is 0 Å². The molecule has 1 aliphatic heterocycles. The third-order valence-corrected chi connectivity index (χ3v) is 3.67. The van der Waals surface area contributed by atoms with Gasteiger partial charge in [0, 0.05) is 36.5 Å². The van der Waals surface area contributed by atoms with E-state index in [0.717, 1.165) is 17.4 Å². The minimum atomic E-state index is 0.112. The van der Waals surface area contributed by atoms with Gasteiger partial charge in [0.2, 0.25) is 5.91 Å². The van der Waals surface area contributed by atoms with Crippen LogP contribution >= 0.6 is 15.9 Å². The second-order valence-electron chi connectivity index (χ2n) is 4.47. The molecule has 0 spiro atoms. The van der Waals surface area contributed by atoms with Crippen molar-refractivity contribution >= 4 is 21.8 Å². The zero-order chi connectivity index (χ0) is 12.3. The molecule has 1 unspecified atom stereocenters. The van der Waals surface area contributed by atoms with Crippen molar-refractivity contribution in [2.45, 2.75) is 12.8 Å². The topological polar surface area (TPSA) is 40.5 Å². The van der Waals surface area contributed by atoms with Gasteiger partial charge in [-0.15, -0.1) is 0 Å². The van der Waals surface area contributed by atoms with E-state index < -0.39 is 0 Å². The molecule has 0 bridgehead atoms. The number of nitrogens with zero attached hydrogens (tertiary/aromatic N) is 1. The van der Waals surface area contributed by atoms with Crippen LogP contribution in [0.15, 0.2) is 28.7 Å². The van der Waals surface area contributed by atoms with Crippen LogP contribution in [0.4, 0.5) is 0 Å². The molecule has 2 rings (SSSR count). The first kappa shape index (κ1) is 12.6. The number of rotatable bonds is 4. The highest BCUT2D eigenvalue weighted by molar-refractivity contribution is 9.10. The minimum absolute atomic E-state index is 0.112. The Kier molecular flexibility index (Phi) is 4.18. The number of hydrogen-bond acceptors (Lipinski definition) is 2. The van der Waals surface area contributed by atoms with E-state index in [1.807, 2.05) is 17.0 Å². The van der Waals surface area contributed by atoms with Crippen LogP contribution in [0.1, 0.15) is 12.0 Å². The van der Waals surface area contributed by atoms with Crippen molar-refractivity contribution in [2.75, 3.05) is 19.7 Å². The molecule has 1 aliphatic rings. The van der Waals surface area contributed by atoms with Gasteiger partial charge in [-0.1, -0.05) is 28.1 Å². The first-order valence-electron chi connectivity index (χ1n) is 5.82. The molecule has 17 heavy (non-hydrogen) atoms. The number of benzene rings is 1. The van der Waals surface area contributed by atoms with Gasteiger partial charge in [0.05, 0.1) is 0 Å². The first-order chi connectivity index (χ1) is 8.19. The van der Waals surface area contributed by atoms with E-state index in [9.17, 15) is 4.79 Å². The SMILES string of the molecule is O=C1CC(CO)CN1CCc1ccc(Br)cc1. The summed E-state index contributed by atoms with van der Waals surface area (Å²) < 4.78 is 1.07. The summed E-state index contributed by atoms with van der Waals surface area (Å²) in [5.74, 6) is 0.300. The predicted molar refractivity (Wildman–Crippen MR) is 69.6 cm³/mol. The van der Waals surface area contributed by atoms with E-state index in [1.54, 1.807) is 0 Å². The van der Waals surface area contributed by atoms with Gasteiger partial charge in [0.25, 0.3) is 0 Å². The minimum Gasteiger partial charge on any atom is -0.396 e. The standard InChI is InChI=1S/C13H16BrNO2/c14-12-3-1-10(2-4-12)5-6-15-8-11(9-16)7-13(15)17/h1-4,11,16H,5-9H2. The maximum Gasteiger partial charge on any atom is 0.223 e. The average molecular weight is 298 g/mol. The van der Waals surface area contributed by atoms with Crippen molar-refractivity contribution in [3.8, 4) is 0 Å². The molecule has 1 fully saturated rings. The maximum atomic E-state index is 11.6. The lowest BCUT2D eigenvalue weighted by atomic mass is 10.1. The number of hydrogen-bond donors (Lipinski definition) is 1.